The number of halogens is 2. The van der Waals surface area contributed by atoms with Crippen LogP contribution in [0.15, 0.2) is 35.5 Å². The van der Waals surface area contributed by atoms with Crippen molar-refractivity contribution in [3.63, 3.8) is 0 Å². The molecule has 0 spiro atoms. The third kappa shape index (κ3) is 4.69. The third-order valence-electron chi connectivity index (χ3n) is 5.03. The lowest BCUT2D eigenvalue weighted by Gasteiger charge is -2.15. The summed E-state index contributed by atoms with van der Waals surface area (Å²) >= 11 is 13.8. The summed E-state index contributed by atoms with van der Waals surface area (Å²) < 4.78 is 1.64. The second kappa shape index (κ2) is 9.01. The Kier molecular flexibility index (Phi) is 6.32. The summed E-state index contributed by atoms with van der Waals surface area (Å²) in [7, 11) is 0. The van der Waals surface area contributed by atoms with Crippen molar-refractivity contribution in [2.75, 3.05) is 16.8 Å². The highest BCUT2D eigenvalue weighted by Gasteiger charge is 2.26. The minimum atomic E-state index is -1.10. The highest BCUT2D eigenvalue weighted by atomic mass is 35.5. The number of benzene rings is 2. The van der Waals surface area contributed by atoms with Gasteiger partial charge in [0, 0.05) is 0 Å². The third-order valence-corrected chi connectivity index (χ3v) is 6.56. The van der Waals surface area contributed by atoms with Gasteiger partial charge in [0.05, 0.1) is 32.7 Å². The van der Waals surface area contributed by atoms with Crippen molar-refractivity contribution in [2.45, 2.75) is 30.8 Å². The van der Waals surface area contributed by atoms with Gasteiger partial charge in [0.15, 0.2) is 5.16 Å². The Hall–Kier alpha value is -2.75. The number of carbonyl (C=O) groups excluding carboxylic acids is 1. The molecule has 0 saturated heterocycles. The van der Waals surface area contributed by atoms with Crippen LogP contribution in [-0.2, 0) is 4.79 Å². The summed E-state index contributed by atoms with van der Waals surface area (Å²) in [6, 6.07) is 8.14. The number of nitrogens with two attached hydrogens (primary N) is 1. The van der Waals surface area contributed by atoms with E-state index in [0.717, 1.165) is 17.3 Å². The number of hydrogen-bond donors (Lipinski definition) is 3. The number of carbonyl (C=O) groups is 2. The monoisotopic (exact) mass is 491 g/mol. The van der Waals surface area contributed by atoms with Crippen molar-refractivity contribution in [2.24, 2.45) is 0 Å². The Morgan fingerprint density at radius 2 is 1.97 bits per heavy atom. The Morgan fingerprint density at radius 3 is 2.59 bits per heavy atom. The van der Waals surface area contributed by atoms with Gasteiger partial charge in [0.2, 0.25) is 11.9 Å². The topological polar surface area (TPSA) is 123 Å². The zero-order valence-electron chi connectivity index (χ0n) is 16.9. The average molecular weight is 492 g/mol. The molecule has 0 unspecified atom stereocenters. The van der Waals surface area contributed by atoms with Gasteiger partial charge in [-0.3, -0.25) is 9.36 Å². The maximum Gasteiger partial charge on any atom is 0.335 e. The number of nitrogen functional groups attached to an aromatic ring is 1. The molecular weight excluding hydrogens is 473 g/mol. The van der Waals surface area contributed by atoms with Gasteiger partial charge < -0.3 is 16.2 Å². The highest BCUT2D eigenvalue weighted by molar-refractivity contribution is 7.99. The average Bonchev–Trinajstić information content (AvgIpc) is 3.52. The molecule has 0 radical (unpaired) electrons. The number of amides is 1. The number of nitrogens with zero attached hydrogens (tertiary/aromatic N) is 3. The first kappa shape index (κ1) is 22.4. The Labute approximate surface area is 198 Å². The molecule has 1 aliphatic carbocycles. The number of nitrogens with one attached hydrogen (secondary N) is 1. The van der Waals surface area contributed by atoms with Crippen LogP contribution in [-0.4, -0.2) is 37.5 Å². The largest absolute Gasteiger partial charge is 0.478 e. The molecule has 4 N–H and O–H groups in total. The lowest BCUT2D eigenvalue weighted by molar-refractivity contribution is -0.113. The molecule has 166 valence electrons. The first-order valence-corrected chi connectivity index (χ1v) is 11.5. The van der Waals surface area contributed by atoms with Crippen molar-refractivity contribution < 1.29 is 14.7 Å². The second-order valence-corrected chi connectivity index (χ2v) is 9.21. The summed E-state index contributed by atoms with van der Waals surface area (Å²) in [5.41, 5.74) is 9.26. The molecule has 0 bridgehead atoms. The fraction of sp³-hybridized carbons (Fsp3) is 0.238. The van der Waals surface area contributed by atoms with Gasteiger partial charge in [0.1, 0.15) is 0 Å². The SMILES string of the molecule is Cc1cc(C2CC2)cc(Cl)c1-n1c(N)nnc1SCC(=O)Nc1ccc(C(=O)O)cc1Cl. The Bertz CT molecular complexity index is 1200. The van der Waals surface area contributed by atoms with Gasteiger partial charge in [-0.2, -0.15) is 0 Å². The van der Waals surface area contributed by atoms with E-state index in [1.165, 1.54) is 36.6 Å². The maximum absolute atomic E-state index is 12.5. The van der Waals surface area contributed by atoms with E-state index in [1.54, 1.807) is 4.57 Å². The van der Waals surface area contributed by atoms with E-state index in [1.807, 2.05) is 13.0 Å². The van der Waals surface area contributed by atoms with Crippen LogP contribution in [0.3, 0.4) is 0 Å². The normalized spacial score (nSPS) is 13.2. The van der Waals surface area contributed by atoms with E-state index >= 15 is 0 Å². The number of rotatable bonds is 7. The zero-order chi connectivity index (χ0) is 23.0. The molecule has 1 aliphatic rings. The van der Waals surface area contributed by atoms with Crippen LogP contribution >= 0.6 is 35.0 Å². The van der Waals surface area contributed by atoms with E-state index in [2.05, 4.69) is 21.6 Å². The first-order chi connectivity index (χ1) is 15.2. The van der Waals surface area contributed by atoms with Gasteiger partial charge in [0.25, 0.3) is 0 Å². The molecule has 1 aromatic heterocycles. The van der Waals surface area contributed by atoms with Gasteiger partial charge in [-0.15, -0.1) is 10.2 Å². The molecule has 1 heterocycles. The van der Waals surface area contributed by atoms with E-state index in [9.17, 15) is 9.59 Å². The minimum Gasteiger partial charge on any atom is -0.478 e. The van der Waals surface area contributed by atoms with Crippen LogP contribution < -0.4 is 11.1 Å². The smallest absolute Gasteiger partial charge is 0.335 e. The van der Waals surface area contributed by atoms with Gasteiger partial charge >= 0.3 is 5.97 Å². The number of aromatic nitrogens is 3. The number of carboxylic acids is 1. The Balaban J connectivity index is 1.50. The lowest BCUT2D eigenvalue weighted by Crippen LogP contribution is -2.15. The summed E-state index contributed by atoms with van der Waals surface area (Å²) in [6.07, 6.45) is 2.34. The van der Waals surface area contributed by atoms with E-state index < -0.39 is 5.97 Å². The molecule has 1 amide bonds. The molecule has 8 nitrogen and oxygen atoms in total. The first-order valence-electron chi connectivity index (χ1n) is 9.71. The number of aromatic carboxylic acids is 1. The molecule has 2 aromatic carbocycles. The standard InChI is InChI=1S/C21H19Cl2N5O3S/c1-10-6-13(11-2-3-11)8-15(23)18(10)28-20(24)26-27-21(28)32-9-17(29)25-16-5-4-12(19(30)31)7-14(16)22/h4-8,11H,2-3,9H2,1H3,(H2,24,26)(H,25,29)(H,30,31). The molecule has 4 rings (SSSR count). The maximum atomic E-state index is 12.5. The predicted molar refractivity (Wildman–Crippen MR) is 125 cm³/mol. The molecule has 0 aliphatic heterocycles. The summed E-state index contributed by atoms with van der Waals surface area (Å²) in [6.45, 7) is 1.95. The summed E-state index contributed by atoms with van der Waals surface area (Å²) in [5.74, 6) is -0.709. The van der Waals surface area contributed by atoms with Crippen LogP contribution in [0.2, 0.25) is 10.0 Å². The van der Waals surface area contributed by atoms with Crippen LogP contribution in [0.5, 0.6) is 0 Å². The number of thioether (sulfide) groups is 1. The number of anilines is 2. The molecule has 0 atom stereocenters. The fourth-order valence-corrected chi connectivity index (χ4v) is 4.68. The number of hydrogen-bond acceptors (Lipinski definition) is 6. The molecule has 11 heteroatoms. The highest BCUT2D eigenvalue weighted by Crippen LogP contribution is 2.43. The quantitative estimate of drug-likeness (QED) is 0.406. The molecular formula is C21H19Cl2N5O3S. The van der Waals surface area contributed by atoms with E-state index in [4.69, 9.17) is 34.0 Å². The fourth-order valence-electron chi connectivity index (χ4n) is 3.35. The molecule has 1 fully saturated rings. The van der Waals surface area contributed by atoms with Crippen LogP contribution in [0, 0.1) is 6.92 Å². The van der Waals surface area contributed by atoms with Gasteiger partial charge in [-0.25, -0.2) is 4.79 Å². The number of carboxylic acid groups (broad SMARTS) is 1. The molecule has 3 aromatic rings. The van der Waals surface area contributed by atoms with Crippen molar-refractivity contribution in [3.8, 4) is 5.69 Å². The summed E-state index contributed by atoms with van der Waals surface area (Å²) in [5, 5.41) is 20.8. The molecule has 1 saturated carbocycles. The van der Waals surface area contributed by atoms with Crippen LogP contribution in [0.1, 0.15) is 40.2 Å². The van der Waals surface area contributed by atoms with Crippen molar-refractivity contribution in [3.05, 3.63) is 57.1 Å². The van der Waals surface area contributed by atoms with Crippen molar-refractivity contribution in [1.29, 1.82) is 0 Å². The van der Waals surface area contributed by atoms with Crippen LogP contribution in [0.4, 0.5) is 11.6 Å². The zero-order valence-corrected chi connectivity index (χ0v) is 19.3. The van der Waals surface area contributed by atoms with Gasteiger partial charge in [-0.1, -0.05) is 41.0 Å². The van der Waals surface area contributed by atoms with Crippen molar-refractivity contribution >= 4 is 58.5 Å². The minimum absolute atomic E-state index is 0.00592. The van der Waals surface area contributed by atoms with Crippen molar-refractivity contribution in [1.82, 2.24) is 14.8 Å². The van der Waals surface area contributed by atoms with E-state index in [-0.39, 0.29) is 28.2 Å². The number of aryl methyl sites for hydroxylation is 1. The van der Waals surface area contributed by atoms with Gasteiger partial charge in [-0.05, 0) is 61.1 Å². The molecule has 32 heavy (non-hydrogen) atoms. The second-order valence-electron chi connectivity index (χ2n) is 7.46. The summed E-state index contributed by atoms with van der Waals surface area (Å²) in [4.78, 5) is 23.5. The van der Waals surface area contributed by atoms with Crippen LogP contribution in [0.25, 0.3) is 5.69 Å². The van der Waals surface area contributed by atoms with E-state index in [0.29, 0.717) is 27.5 Å². The lowest BCUT2D eigenvalue weighted by atomic mass is 10.1. The Morgan fingerprint density at radius 1 is 1.22 bits per heavy atom. The predicted octanol–water partition coefficient (Wildman–Crippen LogP) is 4.77.